The molecule has 0 aromatic heterocycles. The van der Waals surface area contributed by atoms with Crippen LogP contribution in [0.4, 0.5) is 0 Å². The van der Waals surface area contributed by atoms with Gasteiger partial charge in [-0.25, -0.2) is 0 Å². The minimum Gasteiger partial charge on any atom is -0.536 e. The van der Waals surface area contributed by atoms with E-state index < -0.39 is 0 Å². The van der Waals surface area contributed by atoms with Crippen LogP contribution < -0.4 is 4.43 Å². The maximum atomic E-state index is 5.68. The van der Waals surface area contributed by atoms with Gasteiger partial charge >= 0.3 is 9.76 Å². The normalized spacial score (nSPS) is 11.6. The SMILES string of the molecule is C/C=C(\C)[Si]Oc1cc(C)cc(C)c1. The lowest BCUT2D eigenvalue weighted by molar-refractivity contribution is 0.599. The Morgan fingerprint density at radius 2 is 1.79 bits per heavy atom. The standard InChI is InChI=1S/C12H16OSi/c1-5-11(4)14-13-12-7-9(2)6-10(3)8-12/h5-8H,1-4H3/b11-5+. The van der Waals surface area contributed by atoms with Crippen molar-refractivity contribution in [2.24, 2.45) is 0 Å². The molecule has 0 atom stereocenters. The molecule has 0 N–H and O–H groups in total. The van der Waals surface area contributed by atoms with E-state index in [-0.39, 0.29) is 0 Å². The van der Waals surface area contributed by atoms with Gasteiger partial charge in [0.25, 0.3) is 0 Å². The molecule has 0 fully saturated rings. The second-order valence-electron chi connectivity index (χ2n) is 3.50. The highest BCUT2D eigenvalue weighted by Gasteiger charge is 1.98. The quantitative estimate of drug-likeness (QED) is 0.687. The van der Waals surface area contributed by atoms with Crippen LogP contribution in [0.2, 0.25) is 0 Å². The first-order valence-corrected chi connectivity index (χ1v) is 5.66. The van der Waals surface area contributed by atoms with Crippen molar-refractivity contribution in [2.75, 3.05) is 0 Å². The molecule has 0 bridgehead atoms. The van der Waals surface area contributed by atoms with E-state index in [0.29, 0.717) is 9.76 Å². The largest absolute Gasteiger partial charge is 0.536 e. The Bertz CT molecular complexity index is 322. The third-order valence-corrected chi connectivity index (χ3v) is 2.91. The van der Waals surface area contributed by atoms with Crippen LogP contribution in [-0.2, 0) is 0 Å². The van der Waals surface area contributed by atoms with Crippen LogP contribution in [0.3, 0.4) is 0 Å². The highest BCUT2D eigenvalue weighted by molar-refractivity contribution is 6.38. The average Bonchev–Trinajstić information content (AvgIpc) is 2.12. The average molecular weight is 204 g/mol. The number of benzene rings is 1. The van der Waals surface area contributed by atoms with Crippen molar-refractivity contribution in [3.8, 4) is 5.75 Å². The Morgan fingerprint density at radius 3 is 2.29 bits per heavy atom. The summed E-state index contributed by atoms with van der Waals surface area (Å²) in [6, 6.07) is 6.30. The van der Waals surface area contributed by atoms with Gasteiger partial charge in [0.2, 0.25) is 0 Å². The first kappa shape index (κ1) is 11.1. The fraction of sp³-hybridized carbons (Fsp3) is 0.333. The van der Waals surface area contributed by atoms with Crippen LogP contribution in [-0.4, -0.2) is 9.76 Å². The van der Waals surface area contributed by atoms with Crippen LogP contribution in [0, 0.1) is 13.8 Å². The van der Waals surface area contributed by atoms with E-state index in [1.807, 2.05) is 6.92 Å². The van der Waals surface area contributed by atoms with Gasteiger partial charge in [-0.15, -0.1) is 0 Å². The molecule has 0 saturated heterocycles. The molecular weight excluding hydrogens is 188 g/mol. The molecule has 1 aromatic rings. The highest BCUT2D eigenvalue weighted by Crippen LogP contribution is 2.16. The number of hydrogen-bond donors (Lipinski definition) is 0. The monoisotopic (exact) mass is 204 g/mol. The fourth-order valence-electron chi connectivity index (χ4n) is 1.19. The number of rotatable bonds is 3. The van der Waals surface area contributed by atoms with Crippen LogP contribution >= 0.6 is 0 Å². The van der Waals surface area contributed by atoms with E-state index in [1.54, 1.807) is 0 Å². The Balaban J connectivity index is 2.67. The van der Waals surface area contributed by atoms with E-state index >= 15 is 0 Å². The van der Waals surface area contributed by atoms with Crippen molar-refractivity contribution < 1.29 is 4.43 Å². The molecule has 2 radical (unpaired) electrons. The number of aryl methyl sites for hydroxylation is 2. The van der Waals surface area contributed by atoms with Crippen molar-refractivity contribution in [2.45, 2.75) is 27.7 Å². The van der Waals surface area contributed by atoms with Gasteiger partial charge in [0.15, 0.2) is 0 Å². The van der Waals surface area contributed by atoms with Gasteiger partial charge in [-0.1, -0.05) is 12.1 Å². The van der Waals surface area contributed by atoms with Crippen LogP contribution in [0.1, 0.15) is 25.0 Å². The van der Waals surface area contributed by atoms with Gasteiger partial charge in [-0.05, 0) is 56.2 Å². The van der Waals surface area contributed by atoms with Gasteiger partial charge in [0.05, 0.1) is 0 Å². The molecule has 0 spiro atoms. The molecule has 74 valence electrons. The second kappa shape index (κ2) is 5.01. The lowest BCUT2D eigenvalue weighted by atomic mass is 10.1. The molecule has 0 aliphatic heterocycles. The second-order valence-corrected chi connectivity index (χ2v) is 4.70. The lowest BCUT2D eigenvalue weighted by Crippen LogP contribution is -2.03. The topological polar surface area (TPSA) is 9.23 Å². The number of hydrogen-bond acceptors (Lipinski definition) is 1. The van der Waals surface area contributed by atoms with Gasteiger partial charge in [-0.2, -0.15) is 0 Å². The van der Waals surface area contributed by atoms with Gasteiger partial charge in [0.1, 0.15) is 5.75 Å². The summed E-state index contributed by atoms with van der Waals surface area (Å²) in [6.45, 7) is 8.30. The smallest absolute Gasteiger partial charge is 0.346 e. The summed E-state index contributed by atoms with van der Waals surface area (Å²) in [7, 11) is 0.437. The minimum absolute atomic E-state index is 0.437. The zero-order valence-corrected chi connectivity index (χ0v) is 10.2. The van der Waals surface area contributed by atoms with Crippen LogP contribution in [0.25, 0.3) is 0 Å². The van der Waals surface area contributed by atoms with Gasteiger partial charge in [0, 0.05) is 0 Å². The molecule has 14 heavy (non-hydrogen) atoms. The van der Waals surface area contributed by atoms with Crippen molar-refractivity contribution in [3.05, 3.63) is 40.6 Å². The predicted octanol–water partition coefficient (Wildman–Crippen LogP) is 3.23. The van der Waals surface area contributed by atoms with Crippen LogP contribution in [0.15, 0.2) is 29.5 Å². The lowest BCUT2D eigenvalue weighted by Gasteiger charge is -2.06. The maximum absolute atomic E-state index is 5.68. The summed E-state index contributed by atoms with van der Waals surface area (Å²) in [5.74, 6) is 0.974. The van der Waals surface area contributed by atoms with E-state index in [1.165, 1.54) is 16.3 Å². The maximum Gasteiger partial charge on any atom is 0.346 e. The Kier molecular flexibility index (Phi) is 3.95. The Morgan fingerprint density at radius 1 is 1.21 bits per heavy atom. The zero-order valence-electron chi connectivity index (χ0n) is 9.22. The molecule has 0 heterocycles. The van der Waals surface area contributed by atoms with E-state index in [9.17, 15) is 0 Å². The molecule has 0 saturated carbocycles. The Hall–Kier alpha value is -1.02. The van der Waals surface area contributed by atoms with Crippen molar-refractivity contribution in [1.82, 2.24) is 0 Å². The van der Waals surface area contributed by atoms with E-state index in [4.69, 9.17) is 4.43 Å². The molecular formula is C12H16OSi. The molecule has 0 aliphatic carbocycles. The molecule has 1 rings (SSSR count). The van der Waals surface area contributed by atoms with E-state index in [0.717, 1.165) is 5.75 Å². The highest BCUT2D eigenvalue weighted by atomic mass is 28.2. The van der Waals surface area contributed by atoms with Gasteiger partial charge < -0.3 is 4.43 Å². The predicted molar refractivity (Wildman–Crippen MR) is 61.7 cm³/mol. The minimum atomic E-state index is 0.437. The summed E-state index contributed by atoms with van der Waals surface area (Å²) in [5, 5.41) is 1.28. The van der Waals surface area contributed by atoms with Crippen molar-refractivity contribution >= 4 is 9.76 Å². The fourth-order valence-corrected chi connectivity index (χ4v) is 1.70. The summed E-state index contributed by atoms with van der Waals surface area (Å²) in [5.41, 5.74) is 2.51. The number of allylic oxidation sites excluding steroid dienone is 2. The summed E-state index contributed by atoms with van der Waals surface area (Å²) >= 11 is 0. The molecule has 0 unspecified atom stereocenters. The van der Waals surface area contributed by atoms with Crippen LogP contribution in [0.5, 0.6) is 5.75 Å². The Labute approximate surface area is 88.7 Å². The molecule has 2 heteroatoms. The van der Waals surface area contributed by atoms with Crippen molar-refractivity contribution in [3.63, 3.8) is 0 Å². The summed E-state index contributed by atoms with van der Waals surface area (Å²) < 4.78 is 5.68. The molecule has 0 amide bonds. The molecule has 1 nitrogen and oxygen atoms in total. The van der Waals surface area contributed by atoms with E-state index in [2.05, 4.69) is 45.0 Å². The summed E-state index contributed by atoms with van der Waals surface area (Å²) in [4.78, 5) is 0. The zero-order chi connectivity index (χ0) is 10.6. The first-order chi connectivity index (χ1) is 6.61. The van der Waals surface area contributed by atoms with Crippen molar-refractivity contribution in [1.29, 1.82) is 0 Å². The third kappa shape index (κ3) is 3.38. The summed E-state index contributed by atoms with van der Waals surface area (Å²) in [6.07, 6.45) is 2.08. The molecule has 1 aromatic carbocycles. The van der Waals surface area contributed by atoms with Gasteiger partial charge in [-0.3, -0.25) is 0 Å². The third-order valence-electron chi connectivity index (χ3n) is 1.96. The first-order valence-electron chi connectivity index (χ1n) is 4.76. The molecule has 0 aliphatic rings.